The van der Waals surface area contributed by atoms with Crippen molar-refractivity contribution in [3.63, 3.8) is 0 Å². The summed E-state index contributed by atoms with van der Waals surface area (Å²) in [6.45, 7) is 2.14. The van der Waals surface area contributed by atoms with Crippen LogP contribution in [0.1, 0.15) is 25.7 Å². The highest BCUT2D eigenvalue weighted by Gasteiger charge is 2.24. The van der Waals surface area contributed by atoms with Crippen LogP contribution >= 0.6 is 0 Å². The van der Waals surface area contributed by atoms with Gasteiger partial charge in [-0.2, -0.15) is 0 Å². The highest BCUT2D eigenvalue weighted by atomic mass is 19.1. The first-order valence-electron chi connectivity index (χ1n) is 7.85. The van der Waals surface area contributed by atoms with Crippen molar-refractivity contribution in [3.05, 3.63) is 41.9 Å². The maximum Gasteiger partial charge on any atom is 0.250 e. The van der Waals surface area contributed by atoms with Gasteiger partial charge < -0.3 is 15.0 Å². The molecule has 0 aromatic heterocycles. The van der Waals surface area contributed by atoms with E-state index in [9.17, 15) is 9.18 Å². The molecule has 0 saturated carbocycles. The van der Waals surface area contributed by atoms with E-state index in [0.29, 0.717) is 24.4 Å². The van der Waals surface area contributed by atoms with E-state index in [4.69, 9.17) is 4.74 Å². The van der Waals surface area contributed by atoms with Crippen LogP contribution in [0.15, 0.2) is 36.1 Å². The van der Waals surface area contributed by atoms with Crippen LogP contribution < -0.4 is 10.2 Å². The molecule has 0 unspecified atom stereocenters. The third-order valence-corrected chi connectivity index (χ3v) is 4.18. The fourth-order valence-corrected chi connectivity index (χ4v) is 3.03. The zero-order chi connectivity index (χ0) is 15.4. The Morgan fingerprint density at radius 3 is 2.95 bits per heavy atom. The van der Waals surface area contributed by atoms with Crippen molar-refractivity contribution in [2.45, 2.75) is 31.7 Å². The molecule has 1 atom stereocenters. The zero-order valence-electron chi connectivity index (χ0n) is 12.6. The van der Waals surface area contributed by atoms with Gasteiger partial charge in [0.05, 0.1) is 24.1 Å². The topological polar surface area (TPSA) is 41.6 Å². The summed E-state index contributed by atoms with van der Waals surface area (Å²) in [5, 5.41) is 3.06. The van der Waals surface area contributed by atoms with Gasteiger partial charge in [-0.05, 0) is 37.8 Å². The molecule has 1 aromatic carbocycles. The van der Waals surface area contributed by atoms with E-state index in [1.54, 1.807) is 18.4 Å². The molecule has 0 aliphatic carbocycles. The van der Waals surface area contributed by atoms with Crippen molar-refractivity contribution in [3.8, 4) is 0 Å². The third kappa shape index (κ3) is 3.40. The van der Waals surface area contributed by atoms with E-state index in [0.717, 1.165) is 32.2 Å². The average Bonchev–Trinajstić information content (AvgIpc) is 2.56. The fraction of sp³-hybridized carbons (Fsp3) is 0.471. The van der Waals surface area contributed by atoms with Gasteiger partial charge in [0.15, 0.2) is 0 Å². The Morgan fingerprint density at radius 2 is 2.18 bits per heavy atom. The first kappa shape index (κ1) is 14.9. The SMILES string of the molecule is O=C(N[C@@H]1CCCN(c2ccccc2F)C1)C1=COCCC1. The van der Waals surface area contributed by atoms with Crippen LogP contribution in [0, 0.1) is 5.82 Å². The van der Waals surface area contributed by atoms with Crippen LogP contribution in [0.4, 0.5) is 10.1 Å². The molecule has 118 valence electrons. The molecular weight excluding hydrogens is 283 g/mol. The molecule has 4 nitrogen and oxygen atoms in total. The first-order valence-corrected chi connectivity index (χ1v) is 7.85. The summed E-state index contributed by atoms with van der Waals surface area (Å²) >= 11 is 0. The van der Waals surface area contributed by atoms with Crippen molar-refractivity contribution < 1.29 is 13.9 Å². The number of ether oxygens (including phenoxy) is 1. The normalized spacial score (nSPS) is 21.8. The number of carbonyl (C=O) groups excluding carboxylic acids is 1. The van der Waals surface area contributed by atoms with Crippen molar-refractivity contribution in [1.29, 1.82) is 0 Å². The lowest BCUT2D eigenvalue weighted by Gasteiger charge is -2.35. The first-order chi connectivity index (χ1) is 10.7. The smallest absolute Gasteiger partial charge is 0.250 e. The monoisotopic (exact) mass is 304 g/mol. The molecule has 2 aliphatic rings. The van der Waals surface area contributed by atoms with Crippen LogP contribution in [0.25, 0.3) is 0 Å². The number of amides is 1. The Balaban J connectivity index is 1.62. The number of carbonyl (C=O) groups is 1. The van der Waals surface area contributed by atoms with Crippen molar-refractivity contribution >= 4 is 11.6 Å². The molecular formula is C17H21FN2O2. The second-order valence-electron chi connectivity index (χ2n) is 5.83. The van der Waals surface area contributed by atoms with E-state index in [2.05, 4.69) is 5.32 Å². The molecule has 0 radical (unpaired) electrons. The van der Waals surface area contributed by atoms with Gasteiger partial charge >= 0.3 is 0 Å². The minimum absolute atomic E-state index is 0.0451. The zero-order valence-corrected chi connectivity index (χ0v) is 12.6. The minimum atomic E-state index is -0.210. The quantitative estimate of drug-likeness (QED) is 0.933. The molecule has 2 heterocycles. The van der Waals surface area contributed by atoms with Crippen molar-refractivity contribution in [1.82, 2.24) is 5.32 Å². The van der Waals surface area contributed by atoms with E-state index < -0.39 is 0 Å². The highest BCUT2D eigenvalue weighted by Crippen LogP contribution is 2.23. The lowest BCUT2D eigenvalue weighted by Crippen LogP contribution is -2.48. The number of rotatable bonds is 3. The second-order valence-corrected chi connectivity index (χ2v) is 5.83. The number of anilines is 1. The Bertz CT molecular complexity index is 574. The summed E-state index contributed by atoms with van der Waals surface area (Å²) < 4.78 is 19.1. The Morgan fingerprint density at radius 1 is 1.32 bits per heavy atom. The number of nitrogens with one attached hydrogen (secondary N) is 1. The lowest BCUT2D eigenvalue weighted by molar-refractivity contribution is -0.118. The van der Waals surface area contributed by atoms with Crippen molar-refractivity contribution in [2.24, 2.45) is 0 Å². The molecule has 3 rings (SSSR count). The summed E-state index contributed by atoms with van der Waals surface area (Å²) in [5.41, 5.74) is 1.32. The number of hydrogen-bond donors (Lipinski definition) is 1. The van der Waals surface area contributed by atoms with E-state index in [1.807, 2.05) is 11.0 Å². The van der Waals surface area contributed by atoms with Crippen LogP contribution in [-0.2, 0) is 9.53 Å². The van der Waals surface area contributed by atoms with Crippen molar-refractivity contribution in [2.75, 3.05) is 24.6 Å². The number of halogens is 1. The second kappa shape index (κ2) is 6.81. The van der Waals surface area contributed by atoms with Crippen LogP contribution in [0.3, 0.4) is 0 Å². The molecule has 1 saturated heterocycles. The lowest BCUT2D eigenvalue weighted by atomic mass is 10.0. The van der Waals surface area contributed by atoms with Gasteiger partial charge in [-0.1, -0.05) is 12.1 Å². The molecule has 22 heavy (non-hydrogen) atoms. The summed E-state index contributed by atoms with van der Waals surface area (Å²) in [7, 11) is 0. The number of piperidine rings is 1. The molecule has 1 N–H and O–H groups in total. The maximum absolute atomic E-state index is 13.9. The third-order valence-electron chi connectivity index (χ3n) is 4.18. The Labute approximate surface area is 129 Å². The molecule has 0 bridgehead atoms. The minimum Gasteiger partial charge on any atom is -0.501 e. The summed E-state index contributed by atoms with van der Waals surface area (Å²) in [6.07, 6.45) is 5.07. The standard InChI is InChI=1S/C17H21FN2O2/c18-15-7-1-2-8-16(15)20-9-3-6-14(11-20)19-17(21)13-5-4-10-22-12-13/h1-2,7-8,12,14H,3-6,9-11H2,(H,19,21)/t14-/m1/s1. The van der Waals surface area contributed by atoms with Gasteiger partial charge in [0, 0.05) is 19.1 Å². The highest BCUT2D eigenvalue weighted by molar-refractivity contribution is 5.93. The number of para-hydroxylation sites is 1. The van der Waals surface area contributed by atoms with Gasteiger partial charge in [0.2, 0.25) is 0 Å². The average molecular weight is 304 g/mol. The fourth-order valence-electron chi connectivity index (χ4n) is 3.03. The molecule has 1 amide bonds. The van der Waals surface area contributed by atoms with Gasteiger partial charge in [-0.15, -0.1) is 0 Å². The summed E-state index contributed by atoms with van der Waals surface area (Å²) in [6, 6.07) is 6.84. The van der Waals surface area contributed by atoms with Crippen LogP contribution in [-0.4, -0.2) is 31.6 Å². The van der Waals surface area contributed by atoms with Crippen LogP contribution in [0.5, 0.6) is 0 Å². The summed E-state index contributed by atoms with van der Waals surface area (Å²) in [5.74, 6) is -0.266. The molecule has 5 heteroatoms. The van der Waals surface area contributed by atoms with Gasteiger partial charge in [0.1, 0.15) is 5.82 Å². The Hall–Kier alpha value is -2.04. The predicted molar refractivity (Wildman–Crippen MR) is 83.0 cm³/mol. The van der Waals surface area contributed by atoms with Gasteiger partial charge in [-0.3, -0.25) is 4.79 Å². The number of hydrogen-bond acceptors (Lipinski definition) is 3. The predicted octanol–water partition coefficient (Wildman–Crippen LogP) is 2.61. The maximum atomic E-state index is 13.9. The summed E-state index contributed by atoms with van der Waals surface area (Å²) in [4.78, 5) is 14.2. The van der Waals surface area contributed by atoms with E-state index in [-0.39, 0.29) is 17.8 Å². The number of benzene rings is 1. The molecule has 1 aromatic rings. The Kier molecular flexibility index (Phi) is 4.61. The molecule has 1 fully saturated rings. The largest absolute Gasteiger partial charge is 0.501 e. The number of nitrogens with zero attached hydrogens (tertiary/aromatic N) is 1. The van der Waals surface area contributed by atoms with Gasteiger partial charge in [-0.25, -0.2) is 4.39 Å². The van der Waals surface area contributed by atoms with E-state index >= 15 is 0 Å². The molecule has 0 spiro atoms. The molecule has 2 aliphatic heterocycles. The van der Waals surface area contributed by atoms with Gasteiger partial charge in [0.25, 0.3) is 5.91 Å². The van der Waals surface area contributed by atoms with E-state index in [1.165, 1.54) is 6.07 Å². The van der Waals surface area contributed by atoms with Crippen LogP contribution in [0.2, 0.25) is 0 Å².